The van der Waals surface area contributed by atoms with Crippen molar-refractivity contribution in [1.82, 2.24) is 9.78 Å². The minimum absolute atomic E-state index is 0.0477. The molecule has 0 aliphatic carbocycles. The van der Waals surface area contributed by atoms with Crippen molar-refractivity contribution in [2.45, 2.75) is 23.3 Å². The number of benzene rings is 2. The molecule has 0 radical (unpaired) electrons. The summed E-state index contributed by atoms with van der Waals surface area (Å²) in [5.74, 6) is -0.158. The molecule has 10 heteroatoms. The van der Waals surface area contributed by atoms with Crippen LogP contribution in [0.25, 0.3) is 0 Å². The van der Waals surface area contributed by atoms with Crippen LogP contribution in [0.15, 0.2) is 53.6 Å². The predicted octanol–water partition coefficient (Wildman–Crippen LogP) is 2.57. The largest absolute Gasteiger partial charge is 0.325 e. The Morgan fingerprint density at radius 1 is 1.10 bits per heavy atom. The molecule has 0 fully saturated rings. The third kappa shape index (κ3) is 3.03. The van der Waals surface area contributed by atoms with E-state index < -0.39 is 15.3 Å². The van der Waals surface area contributed by atoms with Gasteiger partial charge < -0.3 is 10.6 Å². The summed E-state index contributed by atoms with van der Waals surface area (Å²) in [4.78, 5) is 26.0. The Morgan fingerprint density at radius 3 is 2.55 bits per heavy atom. The van der Waals surface area contributed by atoms with Crippen LogP contribution in [0.2, 0.25) is 5.02 Å². The number of rotatable bonds is 3. The van der Waals surface area contributed by atoms with Gasteiger partial charge in [0.1, 0.15) is 11.2 Å². The van der Waals surface area contributed by atoms with Crippen molar-refractivity contribution < 1.29 is 18.0 Å². The van der Waals surface area contributed by atoms with Gasteiger partial charge in [-0.25, -0.2) is 13.1 Å². The summed E-state index contributed by atoms with van der Waals surface area (Å²) in [5.41, 5.74) is 1.47. The Bertz CT molecular complexity index is 1360. The Kier molecular flexibility index (Phi) is 4.25. The van der Waals surface area contributed by atoms with Gasteiger partial charge in [-0.15, -0.1) is 0 Å². The molecular weight excluding hydrogens is 440 g/mol. The second kappa shape index (κ2) is 6.66. The molecule has 3 heterocycles. The highest BCUT2D eigenvalue weighted by Gasteiger charge is 2.54. The molecule has 0 bridgehead atoms. The van der Waals surface area contributed by atoms with E-state index in [1.54, 1.807) is 41.2 Å². The lowest BCUT2D eigenvalue weighted by Crippen LogP contribution is -2.43. The summed E-state index contributed by atoms with van der Waals surface area (Å²) < 4.78 is 24.9. The van der Waals surface area contributed by atoms with Crippen LogP contribution >= 0.6 is 11.6 Å². The number of carbonyl (C=O) groups excluding carboxylic acids is 2. The van der Waals surface area contributed by atoms with Crippen LogP contribution in [0.3, 0.4) is 0 Å². The Labute approximate surface area is 183 Å². The van der Waals surface area contributed by atoms with E-state index in [9.17, 15) is 18.0 Å². The number of sulfone groups is 1. The first-order valence-corrected chi connectivity index (χ1v) is 11.7. The summed E-state index contributed by atoms with van der Waals surface area (Å²) in [6.45, 7) is 0.291. The van der Waals surface area contributed by atoms with Gasteiger partial charge >= 0.3 is 0 Å². The molecule has 2 aliphatic heterocycles. The van der Waals surface area contributed by atoms with Crippen LogP contribution in [0.5, 0.6) is 0 Å². The summed E-state index contributed by atoms with van der Waals surface area (Å²) >= 11 is 6.19. The SMILES string of the molecule is CS(=O)(=O)c1ccc(Cn2ncc3c2NC(=O)CC32C(=O)Nc3ccc(Cl)cc32)cc1. The van der Waals surface area contributed by atoms with E-state index in [-0.39, 0.29) is 23.1 Å². The zero-order valence-corrected chi connectivity index (χ0v) is 17.9. The molecule has 158 valence electrons. The fourth-order valence-electron chi connectivity index (χ4n) is 4.25. The molecule has 31 heavy (non-hydrogen) atoms. The molecule has 2 N–H and O–H groups in total. The number of anilines is 2. The first-order chi connectivity index (χ1) is 14.7. The number of halogens is 1. The van der Waals surface area contributed by atoms with Crippen LogP contribution in [0, 0.1) is 0 Å². The van der Waals surface area contributed by atoms with Gasteiger partial charge in [-0.05, 0) is 41.5 Å². The minimum atomic E-state index is -3.29. The minimum Gasteiger partial charge on any atom is -0.325 e. The smallest absolute Gasteiger partial charge is 0.240 e. The number of fused-ring (bicyclic) bond motifs is 4. The van der Waals surface area contributed by atoms with Gasteiger partial charge in [0.25, 0.3) is 0 Å². The van der Waals surface area contributed by atoms with Crippen LogP contribution in [-0.4, -0.2) is 36.3 Å². The predicted molar refractivity (Wildman–Crippen MR) is 115 cm³/mol. The van der Waals surface area contributed by atoms with E-state index in [1.807, 2.05) is 0 Å². The quantitative estimate of drug-likeness (QED) is 0.629. The number of nitrogens with one attached hydrogen (secondary N) is 2. The van der Waals surface area contributed by atoms with Gasteiger partial charge in [-0.2, -0.15) is 5.10 Å². The molecule has 8 nitrogen and oxygen atoms in total. The number of amides is 2. The molecule has 0 saturated carbocycles. The molecule has 1 aromatic heterocycles. The second-order valence-electron chi connectivity index (χ2n) is 7.75. The lowest BCUT2D eigenvalue weighted by molar-refractivity contribution is -0.125. The van der Waals surface area contributed by atoms with E-state index in [0.29, 0.717) is 34.2 Å². The third-order valence-electron chi connectivity index (χ3n) is 5.74. The highest BCUT2D eigenvalue weighted by atomic mass is 35.5. The second-order valence-corrected chi connectivity index (χ2v) is 10.2. The normalized spacial score (nSPS) is 19.7. The van der Waals surface area contributed by atoms with Crippen molar-refractivity contribution in [3.8, 4) is 0 Å². The molecule has 2 amide bonds. The number of carbonyl (C=O) groups is 2. The zero-order chi connectivity index (χ0) is 22.0. The summed E-state index contributed by atoms with van der Waals surface area (Å²) in [7, 11) is -3.29. The lowest BCUT2D eigenvalue weighted by Gasteiger charge is -2.31. The highest BCUT2D eigenvalue weighted by molar-refractivity contribution is 7.90. The summed E-state index contributed by atoms with van der Waals surface area (Å²) in [6, 6.07) is 11.6. The Hall–Kier alpha value is -3.17. The molecule has 1 atom stereocenters. The molecule has 3 aromatic rings. The Morgan fingerprint density at radius 2 is 1.84 bits per heavy atom. The standard InChI is InChI=1S/C21H17ClN4O4S/c1-31(29,30)14-5-2-12(3-6-14)11-26-19-16(10-23-26)21(9-18(27)25-19)15-8-13(22)4-7-17(15)24-20(21)28/h2-8,10H,9,11H2,1H3,(H,24,28)(H,25,27). The van der Waals surface area contributed by atoms with Gasteiger partial charge in [-0.1, -0.05) is 23.7 Å². The van der Waals surface area contributed by atoms with Crippen molar-refractivity contribution in [2.24, 2.45) is 0 Å². The van der Waals surface area contributed by atoms with Gasteiger partial charge in [0.2, 0.25) is 11.8 Å². The highest BCUT2D eigenvalue weighted by Crippen LogP contribution is 2.50. The van der Waals surface area contributed by atoms with Gasteiger partial charge in [0.05, 0.1) is 17.6 Å². The Balaban J connectivity index is 1.58. The molecule has 1 spiro atoms. The topological polar surface area (TPSA) is 110 Å². The maximum Gasteiger partial charge on any atom is 0.240 e. The van der Waals surface area contributed by atoms with Gasteiger partial charge in [0, 0.05) is 29.0 Å². The molecule has 0 saturated heterocycles. The maximum atomic E-state index is 13.1. The number of nitrogens with zero attached hydrogens (tertiary/aromatic N) is 2. The van der Waals surface area contributed by atoms with E-state index in [1.165, 1.54) is 12.1 Å². The van der Waals surface area contributed by atoms with E-state index >= 15 is 0 Å². The molecular formula is C21H17ClN4O4S. The number of hydrogen-bond acceptors (Lipinski definition) is 5. The zero-order valence-electron chi connectivity index (χ0n) is 16.3. The molecule has 2 aliphatic rings. The fourth-order valence-corrected chi connectivity index (χ4v) is 5.05. The monoisotopic (exact) mass is 456 g/mol. The van der Waals surface area contributed by atoms with Gasteiger partial charge in [0.15, 0.2) is 9.84 Å². The number of aromatic nitrogens is 2. The van der Waals surface area contributed by atoms with Crippen molar-refractivity contribution in [3.05, 3.63) is 70.4 Å². The summed E-state index contributed by atoms with van der Waals surface area (Å²) in [5, 5.41) is 10.6. The molecule has 1 unspecified atom stereocenters. The fraction of sp³-hybridized carbons (Fsp3) is 0.190. The van der Waals surface area contributed by atoms with Gasteiger partial charge in [-0.3, -0.25) is 9.59 Å². The first kappa shape index (κ1) is 19.8. The average molecular weight is 457 g/mol. The summed E-state index contributed by atoms with van der Waals surface area (Å²) in [6.07, 6.45) is 2.70. The van der Waals surface area contributed by atoms with Crippen LogP contribution in [0.4, 0.5) is 11.5 Å². The maximum absolute atomic E-state index is 13.1. The third-order valence-corrected chi connectivity index (χ3v) is 7.11. The van der Waals surface area contributed by atoms with Crippen molar-refractivity contribution >= 4 is 44.8 Å². The number of hydrogen-bond donors (Lipinski definition) is 2. The van der Waals surface area contributed by atoms with E-state index in [4.69, 9.17) is 11.6 Å². The van der Waals surface area contributed by atoms with E-state index in [0.717, 1.165) is 11.8 Å². The van der Waals surface area contributed by atoms with Crippen LogP contribution in [-0.2, 0) is 31.4 Å². The van der Waals surface area contributed by atoms with Crippen molar-refractivity contribution in [3.63, 3.8) is 0 Å². The molecule has 5 rings (SSSR count). The molecule has 2 aromatic carbocycles. The lowest BCUT2D eigenvalue weighted by atomic mass is 9.72. The van der Waals surface area contributed by atoms with Crippen LogP contribution in [0.1, 0.15) is 23.1 Å². The average Bonchev–Trinajstić information content (AvgIpc) is 3.22. The van der Waals surface area contributed by atoms with Crippen molar-refractivity contribution in [1.29, 1.82) is 0 Å². The first-order valence-electron chi connectivity index (χ1n) is 9.45. The van der Waals surface area contributed by atoms with Crippen LogP contribution < -0.4 is 10.6 Å². The van der Waals surface area contributed by atoms with E-state index in [2.05, 4.69) is 15.7 Å². The van der Waals surface area contributed by atoms with Crippen molar-refractivity contribution in [2.75, 3.05) is 16.9 Å².